The van der Waals surface area contributed by atoms with Crippen molar-refractivity contribution in [2.24, 2.45) is 0 Å². The normalized spacial score (nSPS) is 29.0. The van der Waals surface area contributed by atoms with Gasteiger partial charge in [-0.15, -0.1) is 0 Å². The fraction of sp³-hybridized carbons (Fsp3) is 0.909. The topological polar surface area (TPSA) is 105 Å². The van der Waals surface area contributed by atoms with Gasteiger partial charge in [0.2, 0.25) is 10.0 Å². The van der Waals surface area contributed by atoms with E-state index < -0.39 is 22.2 Å². The molecule has 0 aliphatic carbocycles. The third-order valence-electron chi connectivity index (χ3n) is 3.32. The maximum atomic E-state index is 11.1. The summed E-state index contributed by atoms with van der Waals surface area (Å²) in [5.41, 5.74) is -0.124. The van der Waals surface area contributed by atoms with Crippen LogP contribution in [0.25, 0.3) is 0 Å². The lowest BCUT2D eigenvalue weighted by Crippen LogP contribution is -2.49. The average Bonchev–Trinajstić information content (AvgIpc) is 2.74. The number of carbonyl (C=O) groups is 1. The summed E-state index contributed by atoms with van der Waals surface area (Å²) in [7, 11) is -3.10. The minimum Gasteiger partial charge on any atom is -0.475 e. The molecule has 2 aliphatic rings. The third-order valence-corrected chi connectivity index (χ3v) is 4.08. The second-order valence-corrected chi connectivity index (χ2v) is 7.12. The van der Waals surface area contributed by atoms with Gasteiger partial charge in [-0.1, -0.05) is 0 Å². The smallest absolute Gasteiger partial charge is 0.475 e. The summed E-state index contributed by atoms with van der Waals surface area (Å²) < 4.78 is 62.5. The van der Waals surface area contributed by atoms with E-state index in [-0.39, 0.29) is 11.6 Å². The molecule has 2 atom stereocenters. The van der Waals surface area contributed by atoms with Crippen molar-refractivity contribution in [3.63, 3.8) is 0 Å². The lowest BCUT2D eigenvalue weighted by atomic mass is 9.90. The Labute approximate surface area is 126 Å². The van der Waals surface area contributed by atoms with Gasteiger partial charge < -0.3 is 15.2 Å². The first-order chi connectivity index (χ1) is 9.94. The Hall–Kier alpha value is -0.910. The van der Waals surface area contributed by atoms with Gasteiger partial charge in [0, 0.05) is 19.2 Å². The van der Waals surface area contributed by atoms with E-state index in [0.717, 1.165) is 32.4 Å². The predicted molar refractivity (Wildman–Crippen MR) is 70.9 cm³/mol. The van der Waals surface area contributed by atoms with E-state index in [4.69, 9.17) is 14.6 Å². The molecule has 0 aromatic carbocycles. The molecule has 2 saturated heterocycles. The van der Waals surface area contributed by atoms with Crippen LogP contribution in [0.4, 0.5) is 13.2 Å². The van der Waals surface area contributed by atoms with Crippen molar-refractivity contribution in [1.82, 2.24) is 10.0 Å². The van der Waals surface area contributed by atoms with Crippen LogP contribution in [0, 0.1) is 0 Å². The Kier molecular flexibility index (Phi) is 6.18. The highest BCUT2D eigenvalue weighted by Crippen LogP contribution is 2.30. The molecule has 3 N–H and O–H groups in total. The van der Waals surface area contributed by atoms with Crippen LogP contribution in [0.15, 0.2) is 0 Å². The first-order valence-corrected chi connectivity index (χ1v) is 8.45. The summed E-state index contributed by atoms with van der Waals surface area (Å²) >= 11 is 0. The zero-order valence-electron chi connectivity index (χ0n) is 11.9. The van der Waals surface area contributed by atoms with Crippen molar-refractivity contribution in [2.75, 3.05) is 26.0 Å². The fourth-order valence-corrected chi connectivity index (χ4v) is 3.26. The van der Waals surface area contributed by atoms with Crippen LogP contribution >= 0.6 is 0 Å². The van der Waals surface area contributed by atoms with Gasteiger partial charge >= 0.3 is 12.1 Å². The quantitative estimate of drug-likeness (QED) is 0.653. The van der Waals surface area contributed by atoms with E-state index >= 15 is 0 Å². The molecule has 0 aromatic heterocycles. The summed E-state index contributed by atoms with van der Waals surface area (Å²) in [4.78, 5) is 8.90. The molecule has 2 fully saturated rings. The molecule has 0 radical (unpaired) electrons. The number of aliphatic carboxylic acids is 1. The molecule has 2 rings (SSSR count). The number of nitrogens with one attached hydrogen (secondary N) is 2. The van der Waals surface area contributed by atoms with Crippen molar-refractivity contribution < 1.29 is 36.2 Å². The van der Waals surface area contributed by atoms with E-state index in [0.29, 0.717) is 6.61 Å². The van der Waals surface area contributed by atoms with Gasteiger partial charge in [0.1, 0.15) is 0 Å². The molecule has 130 valence electrons. The first kappa shape index (κ1) is 19.1. The second-order valence-electron chi connectivity index (χ2n) is 5.34. The molecule has 0 saturated carbocycles. The maximum Gasteiger partial charge on any atom is 0.490 e. The van der Waals surface area contributed by atoms with Gasteiger partial charge in [-0.05, 0) is 25.8 Å². The Morgan fingerprint density at radius 1 is 1.45 bits per heavy atom. The lowest BCUT2D eigenvalue weighted by Gasteiger charge is -2.37. The molecule has 0 unspecified atom stereocenters. The molecule has 1 spiro atoms. The minimum absolute atomic E-state index is 0.0358. The number of carboxylic acid groups (broad SMARTS) is 1. The number of rotatable bonds is 2. The number of hydrogen-bond acceptors (Lipinski definition) is 5. The van der Waals surface area contributed by atoms with E-state index in [1.807, 2.05) is 0 Å². The molecular weight excluding hydrogens is 329 g/mol. The largest absolute Gasteiger partial charge is 0.490 e. The van der Waals surface area contributed by atoms with Crippen LogP contribution in [0.3, 0.4) is 0 Å². The summed E-state index contributed by atoms with van der Waals surface area (Å²) in [6.07, 6.45) is -1.33. The molecule has 11 heteroatoms. The Balaban J connectivity index is 0.000000295. The van der Waals surface area contributed by atoms with E-state index in [1.165, 1.54) is 6.26 Å². The maximum absolute atomic E-state index is 11.1. The Morgan fingerprint density at radius 2 is 2.05 bits per heavy atom. The fourth-order valence-electron chi connectivity index (χ4n) is 2.45. The van der Waals surface area contributed by atoms with E-state index in [1.54, 1.807) is 0 Å². The highest BCUT2D eigenvalue weighted by molar-refractivity contribution is 7.88. The molecule has 0 aromatic rings. The zero-order chi connectivity index (χ0) is 17.0. The number of alkyl halides is 3. The van der Waals surface area contributed by atoms with Crippen LogP contribution in [0.2, 0.25) is 0 Å². The number of ether oxygens (including phenoxy) is 1. The summed E-state index contributed by atoms with van der Waals surface area (Å²) in [6, 6.07) is 0.0358. The Bertz CT molecular complexity index is 488. The monoisotopic (exact) mass is 348 g/mol. The van der Waals surface area contributed by atoms with Crippen LogP contribution < -0.4 is 10.0 Å². The van der Waals surface area contributed by atoms with E-state index in [9.17, 15) is 21.6 Å². The molecule has 2 aliphatic heterocycles. The van der Waals surface area contributed by atoms with Crippen LogP contribution in [-0.2, 0) is 19.6 Å². The van der Waals surface area contributed by atoms with Gasteiger partial charge in [0.25, 0.3) is 0 Å². The van der Waals surface area contributed by atoms with Crippen molar-refractivity contribution in [1.29, 1.82) is 0 Å². The predicted octanol–water partition coefficient (Wildman–Crippen LogP) is 0.0800. The SMILES string of the molecule is CS(=O)(=O)N[C@H]1CCO[C@]2(CCNC2)C1.O=C(O)C(F)(F)F. The van der Waals surface area contributed by atoms with Gasteiger partial charge in [0.05, 0.1) is 11.9 Å². The van der Waals surface area contributed by atoms with Gasteiger partial charge in [0.15, 0.2) is 0 Å². The summed E-state index contributed by atoms with van der Waals surface area (Å²) in [5.74, 6) is -2.76. The second kappa shape index (κ2) is 7.11. The van der Waals surface area contributed by atoms with Crippen LogP contribution in [0.1, 0.15) is 19.3 Å². The molecule has 22 heavy (non-hydrogen) atoms. The molecule has 0 bridgehead atoms. The van der Waals surface area contributed by atoms with Crippen molar-refractivity contribution in [2.45, 2.75) is 37.1 Å². The van der Waals surface area contributed by atoms with E-state index in [2.05, 4.69) is 10.0 Å². The third kappa shape index (κ3) is 6.46. The van der Waals surface area contributed by atoms with Gasteiger partial charge in [-0.2, -0.15) is 13.2 Å². The molecule has 7 nitrogen and oxygen atoms in total. The van der Waals surface area contributed by atoms with Gasteiger partial charge in [-0.25, -0.2) is 17.9 Å². The minimum atomic E-state index is -5.08. The molecule has 0 amide bonds. The number of carboxylic acids is 1. The number of hydrogen-bond donors (Lipinski definition) is 3. The van der Waals surface area contributed by atoms with Crippen LogP contribution in [-0.4, -0.2) is 63.3 Å². The van der Waals surface area contributed by atoms with Crippen molar-refractivity contribution >= 4 is 16.0 Å². The zero-order valence-corrected chi connectivity index (χ0v) is 12.8. The van der Waals surface area contributed by atoms with Crippen LogP contribution in [0.5, 0.6) is 0 Å². The Morgan fingerprint density at radius 3 is 2.45 bits per heavy atom. The number of sulfonamides is 1. The molecular formula is C11H19F3N2O5S. The highest BCUT2D eigenvalue weighted by atomic mass is 32.2. The average molecular weight is 348 g/mol. The highest BCUT2D eigenvalue weighted by Gasteiger charge is 2.40. The number of halogens is 3. The van der Waals surface area contributed by atoms with Crippen molar-refractivity contribution in [3.8, 4) is 0 Å². The summed E-state index contributed by atoms with van der Waals surface area (Å²) in [6.45, 7) is 2.45. The standard InChI is InChI=1S/C9H18N2O3S.C2HF3O2/c1-15(12,13)11-8-2-5-14-9(6-8)3-4-10-7-9;3-2(4,5)1(6)7/h8,10-11H,2-7H2,1H3;(H,6,7)/t8-,9+;/m0./s1. The summed E-state index contributed by atoms with van der Waals surface area (Å²) in [5, 5.41) is 10.4. The first-order valence-electron chi connectivity index (χ1n) is 6.56. The molecule has 2 heterocycles. The van der Waals surface area contributed by atoms with Gasteiger partial charge in [-0.3, -0.25) is 0 Å². The van der Waals surface area contributed by atoms with Crippen molar-refractivity contribution in [3.05, 3.63) is 0 Å². The lowest BCUT2D eigenvalue weighted by molar-refractivity contribution is -0.192.